The number of carbonyl (C=O) groups is 2. The topological polar surface area (TPSA) is 99.2 Å². The van der Waals surface area contributed by atoms with Gasteiger partial charge in [-0.2, -0.15) is 0 Å². The Morgan fingerprint density at radius 3 is 2.67 bits per heavy atom. The number of pyridine rings is 1. The molecule has 5 rings (SSSR count). The molecular weight excluding hydrogens is 484 g/mol. The van der Waals surface area contributed by atoms with Crippen LogP contribution in [0.2, 0.25) is 0 Å². The van der Waals surface area contributed by atoms with Crippen molar-refractivity contribution in [2.24, 2.45) is 0 Å². The van der Waals surface area contributed by atoms with E-state index in [1.54, 1.807) is 42.7 Å². The molecule has 3 heterocycles. The summed E-state index contributed by atoms with van der Waals surface area (Å²) in [5.41, 5.74) is 4.37. The second-order valence-corrected chi connectivity index (χ2v) is 8.85. The fourth-order valence-corrected chi connectivity index (χ4v) is 4.32. The van der Waals surface area contributed by atoms with Crippen LogP contribution in [-0.2, 0) is 9.59 Å². The number of amides is 1. The minimum absolute atomic E-state index is 0.00800. The Morgan fingerprint density at radius 1 is 1.12 bits per heavy atom. The van der Waals surface area contributed by atoms with Gasteiger partial charge < -0.3 is 10.1 Å². The van der Waals surface area contributed by atoms with Crippen molar-refractivity contribution in [3.8, 4) is 0 Å². The molecule has 1 aliphatic rings. The Hall–Kier alpha value is -3.78. The molecule has 0 spiro atoms. The van der Waals surface area contributed by atoms with Crippen molar-refractivity contribution in [3.05, 3.63) is 93.2 Å². The average Bonchev–Trinajstić information content (AvgIpc) is 3.33. The molecule has 0 saturated carbocycles. The van der Waals surface area contributed by atoms with Crippen LogP contribution >= 0.6 is 15.9 Å². The van der Waals surface area contributed by atoms with Crippen molar-refractivity contribution in [3.63, 3.8) is 0 Å². The summed E-state index contributed by atoms with van der Waals surface area (Å²) in [6, 6.07) is 13.6. The molecule has 33 heavy (non-hydrogen) atoms. The number of carbonyl (C=O) groups excluding carboxylic acids is 2. The molecule has 0 aliphatic carbocycles. The van der Waals surface area contributed by atoms with E-state index in [9.17, 15) is 14.7 Å². The van der Waals surface area contributed by atoms with E-state index in [4.69, 9.17) is 0 Å². The molecule has 1 aliphatic heterocycles. The van der Waals surface area contributed by atoms with E-state index in [0.717, 1.165) is 21.1 Å². The molecule has 1 amide bonds. The van der Waals surface area contributed by atoms with E-state index in [2.05, 4.69) is 30.9 Å². The summed E-state index contributed by atoms with van der Waals surface area (Å²) in [5, 5.41) is 11.2. The van der Waals surface area contributed by atoms with E-state index >= 15 is 0 Å². The van der Waals surface area contributed by atoms with E-state index in [0.29, 0.717) is 16.6 Å². The summed E-state index contributed by atoms with van der Waals surface area (Å²) >= 11 is 3.45. The largest absolute Gasteiger partial charge is 0.507 e. The number of nitrogens with zero attached hydrogens (tertiary/aromatic N) is 3. The van der Waals surface area contributed by atoms with Crippen LogP contribution in [0.3, 0.4) is 0 Å². The number of halogens is 1. The maximum Gasteiger partial charge on any atom is 0.302 e. The van der Waals surface area contributed by atoms with Gasteiger partial charge in [-0.25, -0.2) is 4.98 Å². The third kappa shape index (κ3) is 3.52. The highest BCUT2D eigenvalue weighted by molar-refractivity contribution is 9.10. The normalized spacial score (nSPS) is 17.8. The number of nitrogens with one attached hydrogen (secondary N) is 1. The number of imidazole rings is 1. The Morgan fingerprint density at radius 2 is 1.94 bits per heavy atom. The summed E-state index contributed by atoms with van der Waals surface area (Å²) in [7, 11) is 0. The molecular formula is C25H19BrN4O3. The number of hydrogen-bond acceptors (Lipinski definition) is 5. The predicted octanol–water partition coefficient (Wildman–Crippen LogP) is 4.96. The van der Waals surface area contributed by atoms with Gasteiger partial charge in [-0.15, -0.1) is 0 Å². The second-order valence-electron chi connectivity index (χ2n) is 8.00. The van der Waals surface area contributed by atoms with Gasteiger partial charge in [0.2, 0.25) is 5.95 Å². The third-order valence-corrected chi connectivity index (χ3v) is 6.62. The standard InChI is InChI=1S/C25H19BrN4O3/c1-13-5-8-18-19(10-13)29-25(28-18)30-21(16-4-3-9-27-12-16)20(23(32)24(30)33)22(31)15-6-7-17(26)14(2)11-15/h3-12,21,31H,1-2H3,(H,28,29)/b22-20+. The monoisotopic (exact) mass is 502 g/mol. The molecule has 2 N–H and O–H groups in total. The number of hydrogen-bond donors (Lipinski definition) is 2. The smallest absolute Gasteiger partial charge is 0.302 e. The number of aliphatic hydroxyl groups excluding tert-OH is 1. The van der Waals surface area contributed by atoms with Gasteiger partial charge in [-0.05, 0) is 60.9 Å². The lowest BCUT2D eigenvalue weighted by Crippen LogP contribution is -2.30. The maximum absolute atomic E-state index is 13.2. The molecule has 1 saturated heterocycles. The zero-order valence-corrected chi connectivity index (χ0v) is 19.4. The predicted molar refractivity (Wildman–Crippen MR) is 129 cm³/mol. The molecule has 0 radical (unpaired) electrons. The molecule has 1 atom stereocenters. The molecule has 1 unspecified atom stereocenters. The van der Waals surface area contributed by atoms with E-state index in [1.807, 2.05) is 32.0 Å². The second kappa shape index (κ2) is 7.97. The summed E-state index contributed by atoms with van der Waals surface area (Å²) in [6.45, 7) is 3.84. The fourth-order valence-electron chi connectivity index (χ4n) is 4.08. The number of benzene rings is 2. The first-order valence-corrected chi connectivity index (χ1v) is 11.1. The number of H-pyrrole nitrogens is 1. The van der Waals surface area contributed by atoms with E-state index in [-0.39, 0.29) is 17.3 Å². The average molecular weight is 503 g/mol. The Bertz CT molecular complexity index is 1460. The molecule has 1 fully saturated rings. The van der Waals surface area contributed by atoms with Crippen LogP contribution in [0.5, 0.6) is 0 Å². The lowest BCUT2D eigenvalue weighted by Gasteiger charge is -2.22. The number of fused-ring (bicyclic) bond motifs is 1. The molecule has 4 aromatic rings. The van der Waals surface area contributed by atoms with Crippen molar-refractivity contribution < 1.29 is 14.7 Å². The number of aromatic amines is 1. The van der Waals surface area contributed by atoms with Gasteiger partial charge in [0.15, 0.2) is 0 Å². The molecule has 2 aromatic carbocycles. The third-order valence-electron chi connectivity index (χ3n) is 5.73. The van der Waals surface area contributed by atoms with Gasteiger partial charge in [0, 0.05) is 22.4 Å². The minimum atomic E-state index is -0.885. The molecule has 8 heteroatoms. The summed E-state index contributed by atoms with van der Waals surface area (Å²) in [6.07, 6.45) is 3.19. The van der Waals surface area contributed by atoms with Crippen LogP contribution in [-0.4, -0.2) is 31.7 Å². The van der Waals surface area contributed by atoms with Gasteiger partial charge in [0.25, 0.3) is 5.78 Å². The molecule has 0 bridgehead atoms. The van der Waals surface area contributed by atoms with Crippen LogP contribution in [0.15, 0.2) is 71.0 Å². The van der Waals surface area contributed by atoms with Gasteiger partial charge in [-0.3, -0.25) is 19.5 Å². The van der Waals surface area contributed by atoms with Crippen molar-refractivity contribution in [1.82, 2.24) is 15.0 Å². The van der Waals surface area contributed by atoms with Gasteiger partial charge in [0.05, 0.1) is 22.6 Å². The highest BCUT2D eigenvalue weighted by Crippen LogP contribution is 2.41. The fraction of sp³-hybridized carbons (Fsp3) is 0.120. The zero-order chi connectivity index (χ0) is 23.3. The first-order chi connectivity index (χ1) is 15.8. The lowest BCUT2D eigenvalue weighted by atomic mass is 9.96. The lowest BCUT2D eigenvalue weighted by molar-refractivity contribution is -0.132. The Balaban J connectivity index is 1.73. The Labute approximate surface area is 197 Å². The van der Waals surface area contributed by atoms with Crippen LogP contribution < -0.4 is 4.90 Å². The van der Waals surface area contributed by atoms with Crippen molar-refractivity contribution >= 4 is 50.4 Å². The minimum Gasteiger partial charge on any atom is -0.507 e. The number of ketones is 1. The highest BCUT2D eigenvalue weighted by atomic mass is 79.9. The highest BCUT2D eigenvalue weighted by Gasteiger charge is 2.48. The number of aliphatic hydroxyl groups is 1. The number of Topliss-reactive ketones (excluding diaryl/α,β-unsaturated/α-hetero) is 1. The number of rotatable bonds is 3. The molecule has 2 aromatic heterocycles. The van der Waals surface area contributed by atoms with Crippen molar-refractivity contribution in [2.75, 3.05) is 4.90 Å². The SMILES string of the molecule is Cc1ccc2nc(N3C(=O)C(=O)/C(=C(/O)c4ccc(Br)c(C)c4)C3c3cccnc3)[nH]c2c1. The van der Waals surface area contributed by atoms with Crippen molar-refractivity contribution in [1.29, 1.82) is 0 Å². The number of aryl methyl sites for hydroxylation is 2. The van der Waals surface area contributed by atoms with Gasteiger partial charge in [0.1, 0.15) is 5.76 Å². The first-order valence-electron chi connectivity index (χ1n) is 10.3. The van der Waals surface area contributed by atoms with Crippen LogP contribution in [0.4, 0.5) is 5.95 Å². The van der Waals surface area contributed by atoms with E-state index in [1.165, 1.54) is 4.90 Å². The van der Waals surface area contributed by atoms with Crippen LogP contribution in [0.1, 0.15) is 28.3 Å². The summed E-state index contributed by atoms with van der Waals surface area (Å²) < 4.78 is 0.876. The van der Waals surface area contributed by atoms with Gasteiger partial charge in [-0.1, -0.05) is 34.1 Å². The van der Waals surface area contributed by atoms with Crippen molar-refractivity contribution in [2.45, 2.75) is 19.9 Å². The molecule has 7 nitrogen and oxygen atoms in total. The zero-order valence-electron chi connectivity index (χ0n) is 17.8. The van der Waals surface area contributed by atoms with Crippen LogP contribution in [0.25, 0.3) is 16.8 Å². The number of anilines is 1. The van der Waals surface area contributed by atoms with E-state index < -0.39 is 17.7 Å². The Kier molecular flexibility index (Phi) is 5.09. The van der Waals surface area contributed by atoms with Crippen LogP contribution in [0, 0.1) is 13.8 Å². The van der Waals surface area contributed by atoms with Gasteiger partial charge >= 0.3 is 5.91 Å². The maximum atomic E-state index is 13.2. The summed E-state index contributed by atoms with van der Waals surface area (Å²) in [5.74, 6) is -1.56. The summed E-state index contributed by atoms with van der Waals surface area (Å²) in [4.78, 5) is 39.6. The molecule has 164 valence electrons. The number of aromatic nitrogens is 3. The first kappa shape index (κ1) is 21.1. The quantitative estimate of drug-likeness (QED) is 0.234.